The second kappa shape index (κ2) is 7.05. The lowest BCUT2D eigenvalue weighted by molar-refractivity contribution is -0.144. The van der Waals surface area contributed by atoms with Gasteiger partial charge in [0.2, 0.25) is 15.9 Å². The summed E-state index contributed by atoms with van der Waals surface area (Å²) >= 11 is 0. The molecule has 1 atom stereocenters. The maximum absolute atomic E-state index is 12.9. The van der Waals surface area contributed by atoms with Crippen molar-refractivity contribution in [1.82, 2.24) is 9.62 Å². The van der Waals surface area contributed by atoms with Gasteiger partial charge in [0.15, 0.2) is 0 Å². The highest BCUT2D eigenvalue weighted by atomic mass is 32.2. The Morgan fingerprint density at radius 3 is 2.65 bits per heavy atom. The van der Waals surface area contributed by atoms with Gasteiger partial charge in [-0.2, -0.15) is 4.31 Å². The molecular weight excluding hydrogens is 327 g/mol. The molecule has 1 aromatic rings. The van der Waals surface area contributed by atoms with Crippen LogP contribution < -0.4 is 5.32 Å². The van der Waals surface area contributed by atoms with Crippen LogP contribution in [-0.2, 0) is 30.1 Å². The van der Waals surface area contributed by atoms with E-state index in [2.05, 4.69) is 10.1 Å². The second-order valence-electron chi connectivity index (χ2n) is 5.08. The van der Waals surface area contributed by atoms with Crippen LogP contribution in [-0.4, -0.2) is 50.8 Å². The Hall–Kier alpha value is -2.00. The van der Waals surface area contributed by atoms with Gasteiger partial charge in [0, 0.05) is 13.1 Å². The fourth-order valence-corrected chi connectivity index (χ4v) is 4.04. The summed E-state index contributed by atoms with van der Waals surface area (Å²) in [5, 5.41) is 2.53. The quantitative estimate of drug-likeness (QED) is 0.760. The third-order valence-electron chi connectivity index (χ3n) is 3.49. The Morgan fingerprint density at radius 2 is 2.04 bits per heavy atom. The number of halogens is 1. The molecule has 1 aliphatic heterocycles. The predicted octanol–water partition coefficient (Wildman–Crippen LogP) is 0.0190. The number of esters is 1. The number of nitrogens with one attached hydrogen (secondary N) is 1. The molecule has 0 saturated carbocycles. The topological polar surface area (TPSA) is 92.8 Å². The Balaban J connectivity index is 2.22. The van der Waals surface area contributed by atoms with Gasteiger partial charge < -0.3 is 10.1 Å². The first-order valence-electron chi connectivity index (χ1n) is 6.92. The van der Waals surface area contributed by atoms with Gasteiger partial charge in [0.1, 0.15) is 11.9 Å². The molecule has 0 aliphatic carbocycles. The first-order valence-corrected chi connectivity index (χ1v) is 8.53. The zero-order chi connectivity index (χ0) is 17.0. The van der Waals surface area contributed by atoms with E-state index in [1.54, 1.807) is 0 Å². The van der Waals surface area contributed by atoms with Crippen molar-refractivity contribution in [3.63, 3.8) is 0 Å². The standard InChI is InChI=1S/C14H17FN2O5S/c1-22-13(18)8-12-14(19)16-6-7-17(12)23(20,21)9-10-2-4-11(15)5-3-10/h2-5,12H,6-9H2,1H3,(H,16,19)/t12-/m0/s1. The predicted molar refractivity (Wildman–Crippen MR) is 79.2 cm³/mol. The molecule has 1 aromatic carbocycles. The van der Waals surface area contributed by atoms with Crippen molar-refractivity contribution in [3.05, 3.63) is 35.6 Å². The molecule has 0 bridgehead atoms. The van der Waals surface area contributed by atoms with Crippen LogP contribution >= 0.6 is 0 Å². The Bertz CT molecular complexity index is 690. The second-order valence-corrected chi connectivity index (χ2v) is 7.00. The van der Waals surface area contributed by atoms with Crippen molar-refractivity contribution in [3.8, 4) is 0 Å². The molecule has 0 aromatic heterocycles. The van der Waals surface area contributed by atoms with E-state index in [9.17, 15) is 22.4 Å². The molecule has 23 heavy (non-hydrogen) atoms. The summed E-state index contributed by atoms with van der Waals surface area (Å²) in [6.45, 7) is 0.232. The number of carbonyl (C=O) groups excluding carboxylic acids is 2. The molecule has 9 heteroatoms. The van der Waals surface area contributed by atoms with E-state index in [-0.39, 0.29) is 25.3 Å². The van der Waals surface area contributed by atoms with Crippen LogP contribution in [0.4, 0.5) is 4.39 Å². The van der Waals surface area contributed by atoms with E-state index in [1.807, 2.05) is 0 Å². The molecule has 126 valence electrons. The Kier molecular flexibility index (Phi) is 5.32. The minimum Gasteiger partial charge on any atom is -0.469 e. The Morgan fingerprint density at radius 1 is 1.39 bits per heavy atom. The molecule has 1 N–H and O–H groups in total. The third kappa shape index (κ3) is 4.26. The highest BCUT2D eigenvalue weighted by Gasteiger charge is 2.39. The summed E-state index contributed by atoms with van der Waals surface area (Å²) in [5.41, 5.74) is 0.397. The fourth-order valence-electron chi connectivity index (χ4n) is 2.34. The maximum Gasteiger partial charge on any atom is 0.307 e. The molecule has 1 saturated heterocycles. The lowest BCUT2D eigenvalue weighted by atomic mass is 10.1. The van der Waals surface area contributed by atoms with Gasteiger partial charge in [0.05, 0.1) is 19.3 Å². The van der Waals surface area contributed by atoms with Crippen LogP contribution in [0.25, 0.3) is 0 Å². The van der Waals surface area contributed by atoms with E-state index in [0.717, 1.165) is 4.31 Å². The zero-order valence-corrected chi connectivity index (χ0v) is 13.3. The number of hydrogen-bond acceptors (Lipinski definition) is 5. The molecule has 7 nitrogen and oxygen atoms in total. The van der Waals surface area contributed by atoms with Gasteiger partial charge in [-0.25, -0.2) is 12.8 Å². The number of ether oxygens (including phenoxy) is 1. The van der Waals surface area contributed by atoms with Crippen LogP contribution in [0.2, 0.25) is 0 Å². The minimum atomic E-state index is -3.84. The molecule has 1 heterocycles. The van der Waals surface area contributed by atoms with E-state index < -0.39 is 33.8 Å². The van der Waals surface area contributed by atoms with Crippen molar-refractivity contribution < 1.29 is 27.1 Å². The van der Waals surface area contributed by atoms with E-state index in [0.29, 0.717) is 5.56 Å². The lowest BCUT2D eigenvalue weighted by Gasteiger charge is -2.33. The first kappa shape index (κ1) is 17.4. The molecule has 1 aliphatic rings. The van der Waals surface area contributed by atoms with Crippen LogP contribution in [0.5, 0.6) is 0 Å². The minimum absolute atomic E-state index is 0.0664. The summed E-state index contributed by atoms with van der Waals surface area (Å²) in [4.78, 5) is 23.4. The molecule has 0 spiro atoms. The largest absolute Gasteiger partial charge is 0.469 e. The van der Waals surface area contributed by atoms with Crippen molar-refractivity contribution in [1.29, 1.82) is 0 Å². The summed E-state index contributed by atoms with van der Waals surface area (Å²) in [7, 11) is -2.68. The van der Waals surface area contributed by atoms with Gasteiger partial charge in [-0.15, -0.1) is 0 Å². The third-order valence-corrected chi connectivity index (χ3v) is 5.34. The average molecular weight is 344 g/mol. The molecule has 2 rings (SSSR count). The number of carbonyl (C=O) groups is 2. The summed E-state index contributed by atoms with van der Waals surface area (Å²) in [5.74, 6) is -2.05. The van der Waals surface area contributed by atoms with Gasteiger partial charge in [0.25, 0.3) is 0 Å². The number of hydrogen-bond donors (Lipinski definition) is 1. The molecule has 0 radical (unpaired) electrons. The number of methoxy groups -OCH3 is 1. The highest BCUT2D eigenvalue weighted by Crippen LogP contribution is 2.19. The van der Waals surface area contributed by atoms with Crippen molar-refractivity contribution in [2.24, 2.45) is 0 Å². The van der Waals surface area contributed by atoms with E-state index >= 15 is 0 Å². The zero-order valence-electron chi connectivity index (χ0n) is 12.5. The number of piperazine rings is 1. The van der Waals surface area contributed by atoms with Crippen molar-refractivity contribution in [2.45, 2.75) is 18.2 Å². The average Bonchev–Trinajstić information content (AvgIpc) is 2.51. The smallest absolute Gasteiger partial charge is 0.307 e. The lowest BCUT2D eigenvalue weighted by Crippen LogP contribution is -2.57. The number of sulfonamides is 1. The number of rotatable bonds is 5. The number of benzene rings is 1. The maximum atomic E-state index is 12.9. The van der Waals surface area contributed by atoms with Gasteiger partial charge in [-0.05, 0) is 17.7 Å². The normalized spacial score (nSPS) is 19.2. The SMILES string of the molecule is COC(=O)C[C@H]1C(=O)NCCN1S(=O)(=O)Cc1ccc(F)cc1. The summed E-state index contributed by atoms with van der Waals surface area (Å²) in [6, 6.07) is 3.93. The highest BCUT2D eigenvalue weighted by molar-refractivity contribution is 7.88. The van der Waals surface area contributed by atoms with Gasteiger partial charge >= 0.3 is 5.97 Å². The van der Waals surface area contributed by atoms with Crippen LogP contribution in [0.15, 0.2) is 24.3 Å². The monoisotopic (exact) mass is 344 g/mol. The fraction of sp³-hybridized carbons (Fsp3) is 0.429. The Labute approximate surface area is 133 Å². The van der Waals surface area contributed by atoms with Crippen LogP contribution in [0.1, 0.15) is 12.0 Å². The molecule has 1 fully saturated rings. The van der Waals surface area contributed by atoms with Crippen LogP contribution in [0.3, 0.4) is 0 Å². The van der Waals surface area contributed by atoms with Crippen molar-refractivity contribution in [2.75, 3.05) is 20.2 Å². The van der Waals surface area contributed by atoms with Gasteiger partial charge in [-0.3, -0.25) is 9.59 Å². The molecule has 1 amide bonds. The number of amides is 1. The number of nitrogens with zero attached hydrogens (tertiary/aromatic N) is 1. The van der Waals surface area contributed by atoms with Crippen LogP contribution in [0, 0.1) is 5.82 Å². The first-order chi connectivity index (χ1) is 10.8. The summed E-state index contributed by atoms with van der Waals surface area (Å²) in [6.07, 6.45) is -0.356. The molecule has 0 unspecified atom stereocenters. The van der Waals surface area contributed by atoms with Gasteiger partial charge in [-0.1, -0.05) is 12.1 Å². The summed E-state index contributed by atoms with van der Waals surface area (Å²) < 4.78 is 43.6. The molecular formula is C14H17FN2O5S. The van der Waals surface area contributed by atoms with E-state index in [1.165, 1.54) is 31.4 Å². The van der Waals surface area contributed by atoms with Crippen molar-refractivity contribution >= 4 is 21.9 Å². The van der Waals surface area contributed by atoms with E-state index in [4.69, 9.17) is 0 Å².